The zero-order valence-electron chi connectivity index (χ0n) is 16.2. The lowest BCUT2D eigenvalue weighted by atomic mass is 9.79. The highest BCUT2D eigenvalue weighted by Gasteiger charge is 2.35. The topological polar surface area (TPSA) is 72.9 Å². The largest absolute Gasteiger partial charge is 0.481 e. The number of urea groups is 1. The molecule has 7 heteroatoms. The molecule has 3 aliphatic rings. The van der Waals surface area contributed by atoms with E-state index in [1.165, 1.54) is 5.56 Å². The molecule has 4 rings (SSSR count). The summed E-state index contributed by atoms with van der Waals surface area (Å²) in [6, 6.07) is 8.87. The molecule has 0 bridgehead atoms. The summed E-state index contributed by atoms with van der Waals surface area (Å²) in [5.74, 6) is -0.395. The molecule has 28 heavy (non-hydrogen) atoms. The Morgan fingerprint density at radius 1 is 0.964 bits per heavy atom. The van der Waals surface area contributed by atoms with Gasteiger partial charge in [0.1, 0.15) is 0 Å². The van der Waals surface area contributed by atoms with Crippen molar-refractivity contribution in [1.82, 2.24) is 10.2 Å². The quantitative estimate of drug-likeness (QED) is 0.801. The van der Waals surface area contributed by atoms with Gasteiger partial charge in [0.25, 0.3) is 0 Å². The van der Waals surface area contributed by atoms with Gasteiger partial charge in [0.05, 0.1) is 5.92 Å². The van der Waals surface area contributed by atoms with Crippen molar-refractivity contribution in [2.45, 2.75) is 50.5 Å². The lowest BCUT2D eigenvalue weighted by Crippen LogP contribution is -2.45. The first kappa shape index (κ1) is 20.9. The van der Waals surface area contributed by atoms with Crippen LogP contribution < -0.4 is 10.2 Å². The number of halogens is 1. The Hall–Kier alpha value is -1.79. The predicted octanol–water partition coefficient (Wildman–Crippen LogP) is 3.46. The van der Waals surface area contributed by atoms with E-state index < -0.39 is 5.97 Å². The van der Waals surface area contributed by atoms with E-state index >= 15 is 0 Å². The number of nitrogens with zero attached hydrogens (tertiary/aromatic N) is 2. The molecule has 0 spiro atoms. The van der Waals surface area contributed by atoms with Gasteiger partial charge in [-0.25, -0.2) is 4.79 Å². The molecule has 3 fully saturated rings. The van der Waals surface area contributed by atoms with Gasteiger partial charge in [-0.2, -0.15) is 0 Å². The third-order valence-electron chi connectivity index (χ3n) is 6.54. The monoisotopic (exact) mass is 407 g/mol. The zero-order valence-corrected chi connectivity index (χ0v) is 17.0. The molecule has 1 saturated carbocycles. The maximum atomic E-state index is 12.9. The molecule has 0 aromatic heterocycles. The first-order valence-corrected chi connectivity index (χ1v) is 10.2. The Morgan fingerprint density at radius 3 is 2.21 bits per heavy atom. The van der Waals surface area contributed by atoms with Gasteiger partial charge in [0, 0.05) is 24.8 Å². The number of hydrogen-bond acceptors (Lipinski definition) is 3. The number of piperidine rings is 1. The van der Waals surface area contributed by atoms with Crippen LogP contribution >= 0.6 is 12.4 Å². The molecule has 0 radical (unpaired) electrons. The molecule has 0 unspecified atom stereocenters. The van der Waals surface area contributed by atoms with E-state index in [2.05, 4.69) is 29.6 Å². The van der Waals surface area contributed by atoms with Crippen molar-refractivity contribution in [2.75, 3.05) is 31.1 Å². The number of amides is 2. The second-order valence-electron chi connectivity index (χ2n) is 8.09. The fourth-order valence-electron chi connectivity index (χ4n) is 4.85. The molecular formula is C21H30ClN3O3. The summed E-state index contributed by atoms with van der Waals surface area (Å²) in [6.07, 6.45) is 5.47. The number of nitrogens with one attached hydrogen (secondary N) is 1. The van der Waals surface area contributed by atoms with E-state index in [4.69, 9.17) is 5.11 Å². The summed E-state index contributed by atoms with van der Waals surface area (Å²) in [5.41, 5.74) is 2.24. The van der Waals surface area contributed by atoms with Gasteiger partial charge in [-0.15, -0.1) is 12.4 Å². The first-order chi connectivity index (χ1) is 13.1. The van der Waals surface area contributed by atoms with Crippen molar-refractivity contribution in [1.29, 1.82) is 0 Å². The van der Waals surface area contributed by atoms with Crippen molar-refractivity contribution in [3.05, 3.63) is 29.8 Å². The van der Waals surface area contributed by atoms with E-state index in [1.807, 2.05) is 9.80 Å². The second-order valence-corrected chi connectivity index (χ2v) is 8.09. The Bertz CT molecular complexity index is 683. The Kier molecular flexibility index (Phi) is 6.83. The second kappa shape index (κ2) is 9.14. The van der Waals surface area contributed by atoms with Crippen LogP contribution in [0.3, 0.4) is 0 Å². The van der Waals surface area contributed by atoms with Crippen LogP contribution in [-0.2, 0) is 4.79 Å². The van der Waals surface area contributed by atoms with E-state index in [0.29, 0.717) is 12.0 Å². The van der Waals surface area contributed by atoms with Crippen LogP contribution in [0.2, 0.25) is 0 Å². The van der Waals surface area contributed by atoms with E-state index in [0.717, 1.165) is 70.4 Å². The highest BCUT2D eigenvalue weighted by atomic mass is 35.5. The smallest absolute Gasteiger partial charge is 0.324 e. The third kappa shape index (κ3) is 4.28. The van der Waals surface area contributed by atoms with Gasteiger partial charge in [0.15, 0.2) is 0 Å². The molecule has 2 N–H and O–H groups in total. The molecule has 1 aromatic rings. The number of hydrogen-bond donors (Lipinski definition) is 2. The first-order valence-electron chi connectivity index (χ1n) is 10.2. The number of rotatable bonds is 4. The maximum absolute atomic E-state index is 12.9. The minimum atomic E-state index is -0.658. The van der Waals surface area contributed by atoms with Gasteiger partial charge >= 0.3 is 12.0 Å². The summed E-state index contributed by atoms with van der Waals surface area (Å²) < 4.78 is 0. The summed E-state index contributed by atoms with van der Waals surface area (Å²) in [7, 11) is 0. The average Bonchev–Trinajstić information content (AvgIpc) is 3.10. The molecule has 154 valence electrons. The molecule has 6 nitrogen and oxygen atoms in total. The van der Waals surface area contributed by atoms with E-state index in [1.54, 1.807) is 0 Å². The molecule has 0 atom stereocenters. The number of carboxylic acids is 1. The predicted molar refractivity (Wildman–Crippen MR) is 111 cm³/mol. The average molecular weight is 408 g/mol. The number of aliphatic carboxylic acids is 1. The third-order valence-corrected chi connectivity index (χ3v) is 6.54. The van der Waals surface area contributed by atoms with Crippen LogP contribution in [0, 0.1) is 5.92 Å². The maximum Gasteiger partial charge on any atom is 0.324 e. The van der Waals surface area contributed by atoms with Gasteiger partial charge in [-0.05, 0) is 75.2 Å². The molecular weight excluding hydrogens is 378 g/mol. The summed E-state index contributed by atoms with van der Waals surface area (Å²) in [4.78, 5) is 27.9. The molecule has 2 saturated heterocycles. The SMILES string of the molecule is Cl.O=C(O)C1CCC(c2ccc(N3CCN(C4CCNCC4)C3=O)cc2)CC1. The Labute approximate surface area is 172 Å². The number of carbonyl (C=O) groups excluding carboxylic acids is 1. The Balaban J connectivity index is 0.00000225. The minimum absolute atomic E-state index is 0. The van der Waals surface area contributed by atoms with Gasteiger partial charge < -0.3 is 15.3 Å². The molecule has 1 aliphatic carbocycles. The fourth-order valence-corrected chi connectivity index (χ4v) is 4.85. The van der Waals surface area contributed by atoms with Crippen LogP contribution in [0.4, 0.5) is 10.5 Å². The van der Waals surface area contributed by atoms with Crippen molar-refractivity contribution < 1.29 is 14.7 Å². The van der Waals surface area contributed by atoms with Crippen LogP contribution in [0.25, 0.3) is 0 Å². The molecule has 2 heterocycles. The molecule has 2 amide bonds. The fraction of sp³-hybridized carbons (Fsp3) is 0.619. The molecule has 1 aromatic carbocycles. The summed E-state index contributed by atoms with van der Waals surface area (Å²) in [5, 5.41) is 12.5. The normalized spacial score (nSPS) is 26.2. The number of anilines is 1. The van der Waals surface area contributed by atoms with Gasteiger partial charge in [-0.1, -0.05) is 12.1 Å². The molecule has 2 aliphatic heterocycles. The van der Waals surface area contributed by atoms with Crippen LogP contribution in [0.15, 0.2) is 24.3 Å². The number of carboxylic acid groups (broad SMARTS) is 1. The lowest BCUT2D eigenvalue weighted by molar-refractivity contribution is -0.142. The highest BCUT2D eigenvalue weighted by molar-refractivity contribution is 5.94. The van der Waals surface area contributed by atoms with Crippen molar-refractivity contribution in [3.63, 3.8) is 0 Å². The minimum Gasteiger partial charge on any atom is -0.481 e. The summed E-state index contributed by atoms with van der Waals surface area (Å²) >= 11 is 0. The van der Waals surface area contributed by atoms with Crippen molar-refractivity contribution in [2.24, 2.45) is 5.92 Å². The zero-order chi connectivity index (χ0) is 18.8. The van der Waals surface area contributed by atoms with Gasteiger partial charge in [0.2, 0.25) is 0 Å². The van der Waals surface area contributed by atoms with E-state index in [-0.39, 0.29) is 24.4 Å². The van der Waals surface area contributed by atoms with E-state index in [9.17, 15) is 9.59 Å². The van der Waals surface area contributed by atoms with Crippen LogP contribution in [-0.4, -0.2) is 54.2 Å². The highest BCUT2D eigenvalue weighted by Crippen LogP contribution is 2.36. The van der Waals surface area contributed by atoms with Crippen LogP contribution in [0.1, 0.15) is 50.0 Å². The van der Waals surface area contributed by atoms with Crippen LogP contribution in [0.5, 0.6) is 0 Å². The number of carbonyl (C=O) groups is 2. The lowest BCUT2D eigenvalue weighted by Gasteiger charge is -2.31. The standard InChI is InChI=1S/C21H29N3O3.ClH/c25-20(26)17-3-1-15(2-4-17)16-5-7-18(8-6-16)23-13-14-24(21(23)27)19-9-11-22-12-10-19;/h5-8,15,17,19,22H,1-4,9-14H2,(H,25,26);1H. The van der Waals surface area contributed by atoms with Crippen molar-refractivity contribution in [3.8, 4) is 0 Å². The Morgan fingerprint density at radius 2 is 1.61 bits per heavy atom. The van der Waals surface area contributed by atoms with Crippen molar-refractivity contribution >= 4 is 30.1 Å². The summed E-state index contributed by atoms with van der Waals surface area (Å²) in [6.45, 7) is 3.55. The number of benzene rings is 1. The van der Waals surface area contributed by atoms with Gasteiger partial charge in [-0.3, -0.25) is 9.69 Å².